The molecule has 0 saturated heterocycles. The standard InChI is InChI=1S/C17H19NO/c1-4-19-17-8-6-5-7-15(17)12-18-16-10-9-13(2)14(3)11-16/h5-12H,4H2,1-3H3. The molecule has 0 saturated carbocycles. The minimum atomic E-state index is 0.661. The van der Waals surface area contributed by atoms with Gasteiger partial charge in [0.05, 0.1) is 12.3 Å². The molecule has 0 aliphatic carbocycles. The van der Waals surface area contributed by atoms with Crippen LogP contribution in [0.2, 0.25) is 0 Å². The monoisotopic (exact) mass is 253 g/mol. The molecule has 0 spiro atoms. The molecule has 0 atom stereocenters. The van der Waals surface area contributed by atoms with Crippen molar-refractivity contribution in [2.75, 3.05) is 6.61 Å². The zero-order chi connectivity index (χ0) is 13.7. The highest BCUT2D eigenvalue weighted by molar-refractivity contribution is 5.85. The molecule has 0 aliphatic heterocycles. The molecule has 0 unspecified atom stereocenters. The maximum absolute atomic E-state index is 5.58. The lowest BCUT2D eigenvalue weighted by molar-refractivity contribution is 0.340. The van der Waals surface area contributed by atoms with Crippen molar-refractivity contribution in [3.63, 3.8) is 0 Å². The minimum Gasteiger partial charge on any atom is -0.493 e. The van der Waals surface area contributed by atoms with E-state index >= 15 is 0 Å². The summed E-state index contributed by atoms with van der Waals surface area (Å²) in [7, 11) is 0. The highest BCUT2D eigenvalue weighted by atomic mass is 16.5. The van der Waals surface area contributed by atoms with E-state index < -0.39 is 0 Å². The summed E-state index contributed by atoms with van der Waals surface area (Å²) in [5, 5.41) is 0. The number of hydrogen-bond acceptors (Lipinski definition) is 2. The number of para-hydroxylation sites is 1. The maximum Gasteiger partial charge on any atom is 0.128 e. The van der Waals surface area contributed by atoms with Crippen molar-refractivity contribution < 1.29 is 4.74 Å². The van der Waals surface area contributed by atoms with Gasteiger partial charge in [-0.15, -0.1) is 0 Å². The number of aryl methyl sites for hydroxylation is 2. The van der Waals surface area contributed by atoms with Crippen LogP contribution >= 0.6 is 0 Å². The first-order valence-corrected chi connectivity index (χ1v) is 6.54. The van der Waals surface area contributed by atoms with E-state index in [1.807, 2.05) is 43.5 Å². The Balaban J connectivity index is 2.24. The second-order valence-electron chi connectivity index (χ2n) is 4.50. The van der Waals surface area contributed by atoms with E-state index in [-0.39, 0.29) is 0 Å². The summed E-state index contributed by atoms with van der Waals surface area (Å²) in [6, 6.07) is 14.1. The summed E-state index contributed by atoms with van der Waals surface area (Å²) in [5.41, 5.74) is 4.51. The van der Waals surface area contributed by atoms with E-state index in [0.29, 0.717) is 6.61 Å². The normalized spacial score (nSPS) is 10.9. The zero-order valence-electron chi connectivity index (χ0n) is 11.7. The number of rotatable bonds is 4. The van der Waals surface area contributed by atoms with Crippen molar-refractivity contribution in [2.45, 2.75) is 20.8 Å². The summed E-state index contributed by atoms with van der Waals surface area (Å²) in [6.07, 6.45) is 1.86. The zero-order valence-corrected chi connectivity index (χ0v) is 11.7. The molecule has 19 heavy (non-hydrogen) atoms. The van der Waals surface area contributed by atoms with Gasteiger partial charge in [-0.1, -0.05) is 18.2 Å². The largest absolute Gasteiger partial charge is 0.493 e. The lowest BCUT2D eigenvalue weighted by Gasteiger charge is -2.06. The summed E-state index contributed by atoms with van der Waals surface area (Å²) >= 11 is 0. The van der Waals surface area contributed by atoms with Crippen LogP contribution in [0.5, 0.6) is 5.75 Å². The third-order valence-corrected chi connectivity index (χ3v) is 3.06. The Bertz CT molecular complexity index is 588. The Morgan fingerprint density at radius 1 is 1.05 bits per heavy atom. The van der Waals surface area contributed by atoms with Gasteiger partial charge < -0.3 is 4.74 Å². The fraction of sp³-hybridized carbons (Fsp3) is 0.235. The first-order valence-electron chi connectivity index (χ1n) is 6.54. The SMILES string of the molecule is CCOc1ccccc1C=Nc1ccc(C)c(C)c1. The average Bonchev–Trinajstić information content (AvgIpc) is 2.42. The molecule has 0 aliphatic rings. The van der Waals surface area contributed by atoms with Crippen LogP contribution < -0.4 is 4.74 Å². The second kappa shape index (κ2) is 6.19. The molecule has 2 aromatic carbocycles. The van der Waals surface area contributed by atoms with Crippen LogP contribution in [0, 0.1) is 13.8 Å². The Morgan fingerprint density at radius 2 is 1.84 bits per heavy atom. The van der Waals surface area contributed by atoms with E-state index in [1.165, 1.54) is 11.1 Å². The predicted octanol–water partition coefficient (Wildman–Crippen LogP) is 4.45. The van der Waals surface area contributed by atoms with Crippen molar-refractivity contribution in [3.8, 4) is 5.75 Å². The Labute approximate surface area is 114 Å². The van der Waals surface area contributed by atoms with Gasteiger partial charge in [-0.2, -0.15) is 0 Å². The second-order valence-corrected chi connectivity index (χ2v) is 4.50. The third kappa shape index (κ3) is 3.44. The van der Waals surface area contributed by atoms with E-state index in [9.17, 15) is 0 Å². The summed E-state index contributed by atoms with van der Waals surface area (Å²) in [6.45, 7) is 6.85. The summed E-state index contributed by atoms with van der Waals surface area (Å²) in [5.74, 6) is 0.873. The van der Waals surface area contributed by atoms with Crippen LogP contribution in [0.1, 0.15) is 23.6 Å². The van der Waals surface area contributed by atoms with Crippen molar-refractivity contribution in [2.24, 2.45) is 4.99 Å². The first kappa shape index (κ1) is 13.3. The number of aliphatic imine (C=N–C) groups is 1. The number of ether oxygens (including phenoxy) is 1. The Morgan fingerprint density at radius 3 is 2.58 bits per heavy atom. The van der Waals surface area contributed by atoms with E-state index in [1.54, 1.807) is 0 Å². The number of nitrogens with zero attached hydrogens (tertiary/aromatic N) is 1. The quantitative estimate of drug-likeness (QED) is 0.737. The molecule has 2 heteroatoms. The molecule has 2 nitrogen and oxygen atoms in total. The summed E-state index contributed by atoms with van der Waals surface area (Å²) in [4.78, 5) is 4.52. The van der Waals surface area contributed by atoms with Gasteiger partial charge in [0, 0.05) is 11.8 Å². The minimum absolute atomic E-state index is 0.661. The molecule has 0 N–H and O–H groups in total. The van der Waals surface area contributed by atoms with Gasteiger partial charge in [-0.25, -0.2) is 0 Å². The molecule has 0 radical (unpaired) electrons. The summed E-state index contributed by atoms with van der Waals surface area (Å²) < 4.78 is 5.58. The van der Waals surface area contributed by atoms with Crippen LogP contribution in [0.25, 0.3) is 0 Å². The topological polar surface area (TPSA) is 21.6 Å². The van der Waals surface area contributed by atoms with Crippen LogP contribution in [0.4, 0.5) is 5.69 Å². The number of hydrogen-bond donors (Lipinski definition) is 0. The highest BCUT2D eigenvalue weighted by Gasteiger charge is 1.99. The van der Waals surface area contributed by atoms with Crippen molar-refractivity contribution in [1.29, 1.82) is 0 Å². The van der Waals surface area contributed by atoms with Gasteiger partial charge in [0.2, 0.25) is 0 Å². The molecule has 0 fully saturated rings. The molecule has 98 valence electrons. The average molecular weight is 253 g/mol. The van der Waals surface area contributed by atoms with Crippen molar-refractivity contribution >= 4 is 11.9 Å². The van der Waals surface area contributed by atoms with E-state index in [2.05, 4.69) is 31.0 Å². The van der Waals surface area contributed by atoms with Gasteiger partial charge in [0.25, 0.3) is 0 Å². The Kier molecular flexibility index (Phi) is 4.35. The lowest BCUT2D eigenvalue weighted by atomic mass is 10.1. The Hall–Kier alpha value is -2.09. The van der Waals surface area contributed by atoms with Crippen LogP contribution in [-0.4, -0.2) is 12.8 Å². The van der Waals surface area contributed by atoms with Crippen molar-refractivity contribution in [1.82, 2.24) is 0 Å². The van der Waals surface area contributed by atoms with Gasteiger partial charge >= 0.3 is 0 Å². The van der Waals surface area contributed by atoms with Crippen molar-refractivity contribution in [3.05, 3.63) is 59.2 Å². The molecular formula is C17H19NO. The first-order chi connectivity index (χ1) is 9.20. The molecule has 2 aromatic rings. The molecular weight excluding hydrogens is 234 g/mol. The van der Waals surface area contributed by atoms with Gasteiger partial charge in [-0.3, -0.25) is 4.99 Å². The number of benzene rings is 2. The third-order valence-electron chi connectivity index (χ3n) is 3.06. The smallest absolute Gasteiger partial charge is 0.128 e. The van der Waals surface area contributed by atoms with Crippen LogP contribution in [0.15, 0.2) is 47.5 Å². The van der Waals surface area contributed by atoms with Crippen LogP contribution in [0.3, 0.4) is 0 Å². The molecule has 0 heterocycles. The van der Waals surface area contributed by atoms with E-state index in [0.717, 1.165) is 17.0 Å². The van der Waals surface area contributed by atoms with Gasteiger partial charge in [0.1, 0.15) is 5.75 Å². The fourth-order valence-corrected chi connectivity index (χ4v) is 1.82. The van der Waals surface area contributed by atoms with Crippen LogP contribution in [-0.2, 0) is 0 Å². The van der Waals surface area contributed by atoms with Gasteiger partial charge in [-0.05, 0) is 56.2 Å². The van der Waals surface area contributed by atoms with Gasteiger partial charge in [0.15, 0.2) is 0 Å². The fourth-order valence-electron chi connectivity index (χ4n) is 1.82. The van der Waals surface area contributed by atoms with E-state index in [4.69, 9.17) is 4.74 Å². The lowest BCUT2D eigenvalue weighted by Crippen LogP contribution is -1.95. The predicted molar refractivity (Wildman–Crippen MR) is 80.8 cm³/mol. The molecule has 2 rings (SSSR count). The molecule has 0 bridgehead atoms. The molecule has 0 aromatic heterocycles. The maximum atomic E-state index is 5.58. The highest BCUT2D eigenvalue weighted by Crippen LogP contribution is 2.19. The molecule has 0 amide bonds.